The normalized spacial score (nSPS) is 13.3. The Morgan fingerprint density at radius 1 is 0.917 bits per heavy atom. The maximum atomic E-state index is 9.88. The van der Waals surface area contributed by atoms with Crippen LogP contribution in [0.4, 0.5) is 0 Å². The summed E-state index contributed by atoms with van der Waals surface area (Å²) < 4.78 is 11.2. The average Bonchev–Trinajstić information content (AvgIpc) is 2.86. The molecular formula is C20H25BO3. The second-order valence-electron chi connectivity index (χ2n) is 7.20. The number of fused-ring (bicyclic) bond motifs is 1. The summed E-state index contributed by atoms with van der Waals surface area (Å²) in [5.74, 6) is 1.99. The number of hydrogen-bond acceptors (Lipinski definition) is 3. The molecular weight excluding hydrogens is 299 g/mol. The average molecular weight is 324 g/mol. The van der Waals surface area contributed by atoms with Crippen LogP contribution >= 0.6 is 0 Å². The van der Waals surface area contributed by atoms with Crippen molar-refractivity contribution in [3.8, 4) is 22.6 Å². The summed E-state index contributed by atoms with van der Waals surface area (Å²) >= 11 is 0. The van der Waals surface area contributed by atoms with Crippen molar-refractivity contribution in [1.82, 2.24) is 0 Å². The van der Waals surface area contributed by atoms with Crippen LogP contribution in [0.3, 0.4) is 0 Å². The van der Waals surface area contributed by atoms with Gasteiger partial charge in [-0.1, -0.05) is 45.9 Å². The van der Waals surface area contributed by atoms with Crippen molar-refractivity contribution in [2.24, 2.45) is 0 Å². The summed E-state index contributed by atoms with van der Waals surface area (Å²) in [5.41, 5.74) is 7.17. The summed E-state index contributed by atoms with van der Waals surface area (Å²) in [5, 5.41) is 9.88. The van der Waals surface area contributed by atoms with E-state index in [9.17, 15) is 5.02 Å². The van der Waals surface area contributed by atoms with Crippen LogP contribution < -0.4 is 9.31 Å². The summed E-state index contributed by atoms with van der Waals surface area (Å²) in [6, 6.07) is 8.34. The number of benzene rings is 2. The van der Waals surface area contributed by atoms with Crippen molar-refractivity contribution in [1.29, 1.82) is 0 Å². The van der Waals surface area contributed by atoms with Crippen LogP contribution in [-0.2, 0) is 0 Å². The van der Waals surface area contributed by atoms with Crippen LogP contribution in [0.1, 0.15) is 61.8 Å². The highest BCUT2D eigenvalue weighted by atomic mass is 16.7. The van der Waals surface area contributed by atoms with Gasteiger partial charge in [-0.2, -0.15) is 0 Å². The van der Waals surface area contributed by atoms with Crippen LogP contribution in [-0.4, -0.2) is 12.3 Å². The van der Waals surface area contributed by atoms with E-state index in [1.807, 2.05) is 6.07 Å². The maximum Gasteiger partial charge on any atom is 0.785 e. The molecule has 4 heteroatoms. The highest BCUT2D eigenvalue weighted by Gasteiger charge is 2.37. The van der Waals surface area contributed by atoms with Gasteiger partial charge in [0.05, 0.1) is 0 Å². The molecule has 1 aliphatic rings. The molecule has 2 aromatic rings. The molecule has 0 radical (unpaired) electrons. The zero-order chi connectivity index (χ0) is 17.6. The van der Waals surface area contributed by atoms with Gasteiger partial charge in [-0.15, -0.1) is 0 Å². The molecule has 3 nitrogen and oxygen atoms in total. The molecule has 0 aliphatic carbocycles. The second-order valence-corrected chi connectivity index (χ2v) is 7.20. The van der Waals surface area contributed by atoms with Gasteiger partial charge in [0.25, 0.3) is 0 Å². The lowest BCUT2D eigenvalue weighted by atomic mass is 9.81. The highest BCUT2D eigenvalue weighted by molar-refractivity contribution is 6.38. The lowest BCUT2D eigenvalue weighted by Crippen LogP contribution is -2.23. The van der Waals surface area contributed by atoms with E-state index in [-0.39, 0.29) is 0 Å². The lowest BCUT2D eigenvalue weighted by Gasteiger charge is -2.24. The molecule has 0 aromatic heterocycles. The molecule has 0 atom stereocenters. The van der Waals surface area contributed by atoms with E-state index in [1.165, 1.54) is 27.8 Å². The Morgan fingerprint density at radius 3 is 2.08 bits per heavy atom. The van der Waals surface area contributed by atoms with Crippen molar-refractivity contribution in [2.45, 2.75) is 53.4 Å². The molecule has 1 aliphatic heterocycles. The molecule has 0 unspecified atom stereocenters. The van der Waals surface area contributed by atoms with Crippen LogP contribution in [0, 0.1) is 13.8 Å². The molecule has 0 bridgehead atoms. The standard InChI is InChI=1S/C20H25BO3/c1-11(2)15-10-16-20(24-21(22)23-16)19(17(15)12(3)4)18-13(5)8-7-9-14(18)6/h7-12,22H,1-6H3. The number of rotatable bonds is 3. The summed E-state index contributed by atoms with van der Waals surface area (Å²) in [6.07, 6.45) is 0. The number of aryl methyl sites for hydroxylation is 2. The minimum atomic E-state index is -1.23. The Labute approximate surface area is 144 Å². The summed E-state index contributed by atoms with van der Waals surface area (Å²) in [7, 11) is -1.23. The van der Waals surface area contributed by atoms with E-state index in [0.717, 1.165) is 5.56 Å². The molecule has 24 heavy (non-hydrogen) atoms. The summed E-state index contributed by atoms with van der Waals surface area (Å²) in [6.45, 7) is 13.0. The molecule has 126 valence electrons. The zero-order valence-electron chi connectivity index (χ0n) is 15.3. The smallest absolute Gasteiger partial charge is 0.498 e. The monoisotopic (exact) mass is 324 g/mol. The Morgan fingerprint density at radius 2 is 1.54 bits per heavy atom. The highest BCUT2D eigenvalue weighted by Crippen LogP contribution is 2.50. The topological polar surface area (TPSA) is 38.7 Å². The lowest BCUT2D eigenvalue weighted by molar-refractivity contribution is 0.342. The minimum absolute atomic E-state index is 0.336. The molecule has 0 saturated carbocycles. The predicted octanol–water partition coefficient (Wildman–Crippen LogP) is 4.97. The predicted molar refractivity (Wildman–Crippen MR) is 98.8 cm³/mol. The maximum absolute atomic E-state index is 9.88. The third-order valence-electron chi connectivity index (χ3n) is 4.69. The van der Waals surface area contributed by atoms with Crippen LogP contribution in [0.25, 0.3) is 11.1 Å². The van der Waals surface area contributed by atoms with E-state index in [2.05, 4.69) is 59.7 Å². The Bertz CT molecular complexity index is 761. The van der Waals surface area contributed by atoms with Gasteiger partial charge in [0.15, 0.2) is 5.75 Å². The number of hydrogen-bond donors (Lipinski definition) is 1. The fourth-order valence-corrected chi connectivity index (χ4v) is 3.67. The van der Waals surface area contributed by atoms with Gasteiger partial charge in [-0.05, 0) is 59.6 Å². The van der Waals surface area contributed by atoms with Gasteiger partial charge in [0, 0.05) is 5.56 Å². The Hall–Kier alpha value is -1.94. The molecule has 0 amide bonds. The molecule has 0 spiro atoms. The van der Waals surface area contributed by atoms with Crippen molar-refractivity contribution < 1.29 is 14.3 Å². The van der Waals surface area contributed by atoms with Crippen LogP contribution in [0.2, 0.25) is 0 Å². The minimum Gasteiger partial charge on any atom is -0.498 e. The summed E-state index contributed by atoms with van der Waals surface area (Å²) in [4.78, 5) is 0. The van der Waals surface area contributed by atoms with Crippen LogP contribution in [0.5, 0.6) is 11.5 Å². The molecule has 1 heterocycles. The van der Waals surface area contributed by atoms with Crippen molar-refractivity contribution in [2.75, 3.05) is 0 Å². The first-order chi connectivity index (χ1) is 11.3. The van der Waals surface area contributed by atoms with Crippen molar-refractivity contribution in [3.63, 3.8) is 0 Å². The SMILES string of the molecule is Cc1cccc(C)c1-c1c2c(cc(C(C)C)c1C(C)C)OB(O)O2. The van der Waals surface area contributed by atoms with Crippen LogP contribution in [0.15, 0.2) is 24.3 Å². The zero-order valence-corrected chi connectivity index (χ0v) is 15.3. The molecule has 0 saturated heterocycles. The molecule has 1 N–H and O–H groups in total. The second kappa shape index (κ2) is 6.17. The van der Waals surface area contributed by atoms with Gasteiger partial charge >= 0.3 is 7.32 Å². The third kappa shape index (κ3) is 2.69. The first-order valence-corrected chi connectivity index (χ1v) is 8.60. The third-order valence-corrected chi connectivity index (χ3v) is 4.69. The molecule has 0 fully saturated rings. The first kappa shape index (κ1) is 16.9. The largest absolute Gasteiger partial charge is 0.785 e. The fourth-order valence-electron chi connectivity index (χ4n) is 3.67. The van der Waals surface area contributed by atoms with Gasteiger partial charge in [-0.25, -0.2) is 0 Å². The van der Waals surface area contributed by atoms with Gasteiger partial charge < -0.3 is 14.3 Å². The van der Waals surface area contributed by atoms with E-state index >= 15 is 0 Å². The van der Waals surface area contributed by atoms with E-state index in [1.54, 1.807) is 0 Å². The first-order valence-electron chi connectivity index (χ1n) is 8.60. The Kier molecular flexibility index (Phi) is 4.35. The fraction of sp³-hybridized carbons (Fsp3) is 0.400. The van der Waals surface area contributed by atoms with E-state index in [0.29, 0.717) is 23.3 Å². The Balaban J connectivity index is 2.43. The van der Waals surface area contributed by atoms with Crippen molar-refractivity contribution in [3.05, 3.63) is 46.5 Å². The van der Waals surface area contributed by atoms with E-state index < -0.39 is 7.32 Å². The molecule has 3 rings (SSSR count). The quantitative estimate of drug-likeness (QED) is 0.811. The van der Waals surface area contributed by atoms with E-state index in [4.69, 9.17) is 9.31 Å². The molecule has 2 aromatic carbocycles. The van der Waals surface area contributed by atoms with Gasteiger partial charge in [0.1, 0.15) is 5.75 Å². The van der Waals surface area contributed by atoms with Crippen molar-refractivity contribution >= 4 is 7.32 Å². The van der Waals surface area contributed by atoms with Gasteiger partial charge in [-0.3, -0.25) is 0 Å². The van der Waals surface area contributed by atoms with Gasteiger partial charge in [0.2, 0.25) is 0 Å².